The van der Waals surface area contributed by atoms with Crippen LogP contribution >= 0.6 is 11.6 Å². The molecule has 0 saturated heterocycles. The quantitative estimate of drug-likeness (QED) is 0.606. The van der Waals surface area contributed by atoms with E-state index in [-0.39, 0.29) is 5.84 Å². The minimum absolute atomic E-state index is 0.0230. The standard InChI is InChI=1S/C12H19ClN4/c1-3-5-8-17(4-2)12-10(13)9(11(14)15)6-7-16-12/h6-7H,3-5,8H2,1-2H3,(H3,14,15). The van der Waals surface area contributed by atoms with E-state index in [0.29, 0.717) is 10.6 Å². The van der Waals surface area contributed by atoms with Gasteiger partial charge in [0.05, 0.1) is 5.02 Å². The Bertz CT molecular complexity index is 392. The molecule has 17 heavy (non-hydrogen) atoms. The number of nitrogen functional groups attached to an aromatic ring is 1. The molecule has 4 nitrogen and oxygen atoms in total. The first kappa shape index (κ1) is 13.8. The number of unbranched alkanes of at least 4 members (excludes halogenated alkanes) is 1. The zero-order valence-electron chi connectivity index (χ0n) is 10.3. The lowest BCUT2D eigenvalue weighted by atomic mass is 10.2. The Labute approximate surface area is 107 Å². The Morgan fingerprint density at radius 3 is 2.76 bits per heavy atom. The number of amidine groups is 1. The molecular weight excluding hydrogens is 236 g/mol. The zero-order chi connectivity index (χ0) is 12.8. The van der Waals surface area contributed by atoms with Gasteiger partial charge < -0.3 is 10.6 Å². The average Bonchev–Trinajstić information content (AvgIpc) is 2.31. The molecule has 0 spiro atoms. The predicted molar refractivity (Wildman–Crippen MR) is 73.1 cm³/mol. The van der Waals surface area contributed by atoms with Crippen molar-refractivity contribution in [3.63, 3.8) is 0 Å². The Balaban J connectivity index is 3.03. The van der Waals surface area contributed by atoms with Gasteiger partial charge in [0.25, 0.3) is 0 Å². The van der Waals surface area contributed by atoms with Crippen LogP contribution < -0.4 is 10.6 Å². The molecule has 0 aliphatic carbocycles. The summed E-state index contributed by atoms with van der Waals surface area (Å²) in [6.07, 6.45) is 3.86. The van der Waals surface area contributed by atoms with Crippen LogP contribution in [0.25, 0.3) is 0 Å². The van der Waals surface area contributed by atoms with E-state index in [0.717, 1.165) is 31.7 Å². The van der Waals surface area contributed by atoms with Crippen LogP contribution in [-0.4, -0.2) is 23.9 Å². The Morgan fingerprint density at radius 2 is 2.24 bits per heavy atom. The number of rotatable bonds is 6. The molecule has 0 saturated carbocycles. The molecule has 1 heterocycles. The van der Waals surface area contributed by atoms with Gasteiger partial charge in [0.1, 0.15) is 11.7 Å². The summed E-state index contributed by atoms with van der Waals surface area (Å²) in [4.78, 5) is 6.40. The summed E-state index contributed by atoms with van der Waals surface area (Å²) in [6.45, 7) is 5.97. The number of hydrogen-bond donors (Lipinski definition) is 2. The third kappa shape index (κ3) is 3.33. The molecule has 1 aromatic rings. The van der Waals surface area contributed by atoms with Crippen molar-refractivity contribution >= 4 is 23.3 Å². The summed E-state index contributed by atoms with van der Waals surface area (Å²) < 4.78 is 0. The maximum absolute atomic E-state index is 7.46. The molecule has 0 amide bonds. The lowest BCUT2D eigenvalue weighted by Crippen LogP contribution is -2.26. The molecule has 5 heteroatoms. The molecule has 94 valence electrons. The van der Waals surface area contributed by atoms with Gasteiger partial charge in [-0.2, -0.15) is 0 Å². The number of hydrogen-bond acceptors (Lipinski definition) is 3. The van der Waals surface area contributed by atoms with Crippen molar-refractivity contribution in [2.75, 3.05) is 18.0 Å². The highest BCUT2D eigenvalue weighted by atomic mass is 35.5. The third-order valence-electron chi connectivity index (χ3n) is 2.62. The number of nitrogens with zero attached hydrogens (tertiary/aromatic N) is 2. The SMILES string of the molecule is CCCCN(CC)c1nccc(C(=N)N)c1Cl. The lowest BCUT2D eigenvalue weighted by molar-refractivity contribution is 0.724. The Kier molecular flexibility index (Phi) is 5.22. The normalized spacial score (nSPS) is 10.3. The first-order chi connectivity index (χ1) is 8.11. The fraction of sp³-hybridized carbons (Fsp3) is 0.500. The summed E-state index contributed by atoms with van der Waals surface area (Å²) in [5.41, 5.74) is 6.03. The number of aromatic nitrogens is 1. The summed E-state index contributed by atoms with van der Waals surface area (Å²) in [6, 6.07) is 1.67. The number of anilines is 1. The minimum Gasteiger partial charge on any atom is -0.384 e. The molecule has 0 aromatic carbocycles. The molecule has 3 N–H and O–H groups in total. The third-order valence-corrected chi connectivity index (χ3v) is 3.00. The Morgan fingerprint density at radius 1 is 1.53 bits per heavy atom. The lowest BCUT2D eigenvalue weighted by Gasteiger charge is -2.23. The van der Waals surface area contributed by atoms with Crippen molar-refractivity contribution in [1.29, 1.82) is 5.41 Å². The van der Waals surface area contributed by atoms with Gasteiger partial charge in [-0.15, -0.1) is 0 Å². The zero-order valence-corrected chi connectivity index (χ0v) is 11.1. The summed E-state index contributed by atoms with van der Waals surface area (Å²) >= 11 is 6.23. The second-order valence-electron chi connectivity index (χ2n) is 3.84. The molecule has 0 atom stereocenters. The fourth-order valence-corrected chi connectivity index (χ4v) is 1.96. The van der Waals surface area contributed by atoms with Gasteiger partial charge in [0.15, 0.2) is 0 Å². The highest BCUT2D eigenvalue weighted by Gasteiger charge is 2.14. The second kappa shape index (κ2) is 6.45. The minimum atomic E-state index is -0.0230. The first-order valence-electron chi connectivity index (χ1n) is 5.85. The molecular formula is C12H19ClN4. The number of nitrogens with two attached hydrogens (primary N) is 1. The number of halogens is 1. The van der Waals surface area contributed by atoms with E-state index in [1.54, 1.807) is 12.3 Å². The van der Waals surface area contributed by atoms with Crippen molar-refractivity contribution in [3.8, 4) is 0 Å². The van der Waals surface area contributed by atoms with E-state index in [2.05, 4.69) is 23.7 Å². The smallest absolute Gasteiger partial charge is 0.148 e. The van der Waals surface area contributed by atoms with E-state index in [4.69, 9.17) is 22.7 Å². The van der Waals surface area contributed by atoms with E-state index >= 15 is 0 Å². The van der Waals surface area contributed by atoms with Crippen molar-refractivity contribution in [2.24, 2.45) is 5.73 Å². The van der Waals surface area contributed by atoms with E-state index in [1.165, 1.54) is 0 Å². The van der Waals surface area contributed by atoms with Crippen LogP contribution in [0.15, 0.2) is 12.3 Å². The molecule has 0 fully saturated rings. The van der Waals surface area contributed by atoms with Gasteiger partial charge >= 0.3 is 0 Å². The second-order valence-corrected chi connectivity index (χ2v) is 4.22. The highest BCUT2D eigenvalue weighted by Crippen LogP contribution is 2.26. The Hall–Kier alpha value is -1.29. The van der Waals surface area contributed by atoms with Crippen molar-refractivity contribution in [3.05, 3.63) is 22.8 Å². The van der Waals surface area contributed by atoms with Crippen LogP contribution in [0.1, 0.15) is 32.3 Å². The highest BCUT2D eigenvalue weighted by molar-refractivity contribution is 6.36. The van der Waals surface area contributed by atoms with Crippen molar-refractivity contribution in [1.82, 2.24) is 4.98 Å². The van der Waals surface area contributed by atoms with Crippen LogP contribution in [0.5, 0.6) is 0 Å². The van der Waals surface area contributed by atoms with E-state index < -0.39 is 0 Å². The maximum Gasteiger partial charge on any atom is 0.148 e. The van der Waals surface area contributed by atoms with E-state index in [9.17, 15) is 0 Å². The monoisotopic (exact) mass is 254 g/mol. The van der Waals surface area contributed by atoms with Crippen LogP contribution in [0.4, 0.5) is 5.82 Å². The van der Waals surface area contributed by atoms with Crippen LogP contribution in [0.3, 0.4) is 0 Å². The summed E-state index contributed by atoms with van der Waals surface area (Å²) in [7, 11) is 0. The van der Waals surface area contributed by atoms with Crippen LogP contribution in [0, 0.1) is 5.41 Å². The molecule has 0 unspecified atom stereocenters. The van der Waals surface area contributed by atoms with Crippen LogP contribution in [-0.2, 0) is 0 Å². The molecule has 1 rings (SSSR count). The van der Waals surface area contributed by atoms with Gasteiger partial charge in [0, 0.05) is 24.8 Å². The first-order valence-corrected chi connectivity index (χ1v) is 6.23. The maximum atomic E-state index is 7.46. The number of nitrogens with one attached hydrogen (secondary N) is 1. The molecule has 0 aliphatic rings. The van der Waals surface area contributed by atoms with Crippen molar-refractivity contribution < 1.29 is 0 Å². The van der Waals surface area contributed by atoms with Gasteiger partial charge in [0.2, 0.25) is 0 Å². The predicted octanol–water partition coefficient (Wildman–Crippen LogP) is 2.65. The van der Waals surface area contributed by atoms with Gasteiger partial charge in [-0.1, -0.05) is 24.9 Å². The van der Waals surface area contributed by atoms with Gasteiger partial charge in [-0.3, -0.25) is 5.41 Å². The van der Waals surface area contributed by atoms with Gasteiger partial charge in [-0.25, -0.2) is 4.98 Å². The fourth-order valence-electron chi connectivity index (χ4n) is 1.62. The summed E-state index contributed by atoms with van der Waals surface area (Å²) in [5, 5.41) is 7.93. The largest absolute Gasteiger partial charge is 0.384 e. The van der Waals surface area contributed by atoms with Gasteiger partial charge in [-0.05, 0) is 19.4 Å². The van der Waals surface area contributed by atoms with Crippen LogP contribution in [0.2, 0.25) is 5.02 Å². The molecule has 0 radical (unpaired) electrons. The van der Waals surface area contributed by atoms with Crippen molar-refractivity contribution in [2.45, 2.75) is 26.7 Å². The molecule has 0 aliphatic heterocycles. The topological polar surface area (TPSA) is 66.0 Å². The molecule has 0 bridgehead atoms. The van der Waals surface area contributed by atoms with E-state index in [1.807, 2.05) is 0 Å². The summed E-state index contributed by atoms with van der Waals surface area (Å²) in [5.74, 6) is 0.695. The molecule has 1 aromatic heterocycles. The average molecular weight is 255 g/mol. The number of pyridine rings is 1.